The van der Waals surface area contributed by atoms with E-state index in [-0.39, 0.29) is 62.5 Å². The smallest absolute Gasteiger partial charge is 0.744 e. The minimum Gasteiger partial charge on any atom is -0.744 e. The summed E-state index contributed by atoms with van der Waals surface area (Å²) < 4.78 is 58.5. The molecule has 4 nitrogen and oxygen atoms in total. The zero-order chi connectivity index (χ0) is 14.9. The van der Waals surface area contributed by atoms with Crippen molar-refractivity contribution in [3.8, 4) is 0 Å². The summed E-state index contributed by atoms with van der Waals surface area (Å²) in [4.78, 5) is 10.9. The molecule has 2 aromatic rings. The molecule has 0 N–H and O–H groups in total. The standard InChI is InChI=1S/C13H8F2O4S.K/c14-10-4-1-8(2-5-10)13(16)9-3-6-11(15)12(7-9)20(17,18)19;/h1-7H,(H,17,18,19);/q;+1/p-1. The Morgan fingerprint density at radius 3 is 2.00 bits per heavy atom. The van der Waals surface area contributed by atoms with Crippen molar-refractivity contribution in [2.45, 2.75) is 4.90 Å². The molecule has 0 aromatic heterocycles. The van der Waals surface area contributed by atoms with Gasteiger partial charge in [-0.25, -0.2) is 17.2 Å². The van der Waals surface area contributed by atoms with Crippen LogP contribution in [0.25, 0.3) is 0 Å². The van der Waals surface area contributed by atoms with E-state index in [2.05, 4.69) is 0 Å². The number of carbonyl (C=O) groups is 1. The average Bonchev–Trinajstić information content (AvgIpc) is 2.38. The summed E-state index contributed by atoms with van der Waals surface area (Å²) in [7, 11) is -5.02. The average molecular weight is 336 g/mol. The third kappa shape index (κ3) is 4.49. The van der Waals surface area contributed by atoms with Crippen LogP contribution in [0.5, 0.6) is 0 Å². The van der Waals surface area contributed by atoms with Gasteiger partial charge in [0, 0.05) is 11.1 Å². The van der Waals surface area contributed by atoms with Crippen molar-refractivity contribution < 1.29 is 77.9 Å². The number of rotatable bonds is 3. The van der Waals surface area contributed by atoms with E-state index in [4.69, 9.17) is 0 Å². The molecule has 104 valence electrons. The second-order valence-corrected chi connectivity index (χ2v) is 5.28. The van der Waals surface area contributed by atoms with Gasteiger partial charge in [0.25, 0.3) is 0 Å². The summed E-state index contributed by atoms with van der Waals surface area (Å²) in [6, 6.07) is 6.96. The molecule has 0 radical (unpaired) electrons. The fourth-order valence-electron chi connectivity index (χ4n) is 1.60. The molecule has 0 aliphatic rings. The molecule has 0 bridgehead atoms. The van der Waals surface area contributed by atoms with Crippen molar-refractivity contribution in [1.82, 2.24) is 0 Å². The number of hydrogen-bond donors (Lipinski definition) is 0. The van der Waals surface area contributed by atoms with Crippen LogP contribution in [0.15, 0.2) is 47.4 Å². The van der Waals surface area contributed by atoms with Gasteiger partial charge in [-0.2, -0.15) is 0 Å². The van der Waals surface area contributed by atoms with Crippen molar-refractivity contribution in [1.29, 1.82) is 0 Å². The first kappa shape index (κ1) is 18.6. The van der Waals surface area contributed by atoms with E-state index in [1.807, 2.05) is 0 Å². The minimum atomic E-state index is -5.02. The third-order valence-corrected chi connectivity index (χ3v) is 3.42. The molecule has 0 aliphatic heterocycles. The van der Waals surface area contributed by atoms with E-state index < -0.39 is 32.4 Å². The van der Waals surface area contributed by atoms with Crippen molar-refractivity contribution in [3.63, 3.8) is 0 Å². The molecule has 0 spiro atoms. The van der Waals surface area contributed by atoms with Crippen molar-refractivity contribution >= 4 is 15.9 Å². The fraction of sp³-hybridized carbons (Fsp3) is 0. The van der Waals surface area contributed by atoms with Crippen LogP contribution in [-0.2, 0) is 10.1 Å². The molecule has 21 heavy (non-hydrogen) atoms. The van der Waals surface area contributed by atoms with Gasteiger partial charge in [-0.1, -0.05) is 0 Å². The van der Waals surface area contributed by atoms with Gasteiger partial charge in [0.1, 0.15) is 21.8 Å². The number of carbonyl (C=O) groups excluding carboxylic acids is 1. The molecule has 0 amide bonds. The Bertz CT molecular complexity index is 773. The quantitative estimate of drug-likeness (QED) is 0.414. The van der Waals surface area contributed by atoms with Gasteiger partial charge in [0.2, 0.25) is 0 Å². The Balaban J connectivity index is 0.00000220. The maximum atomic E-state index is 13.2. The van der Waals surface area contributed by atoms with Crippen LogP contribution >= 0.6 is 0 Å². The number of halogens is 2. The Kier molecular flexibility index (Phi) is 6.35. The van der Waals surface area contributed by atoms with Gasteiger partial charge < -0.3 is 4.55 Å². The maximum Gasteiger partial charge on any atom is 1.00 e. The molecule has 0 unspecified atom stereocenters. The normalized spacial score (nSPS) is 10.8. The van der Waals surface area contributed by atoms with Crippen LogP contribution in [0.2, 0.25) is 0 Å². The summed E-state index contributed by atoms with van der Waals surface area (Å²) in [5.41, 5.74) is -0.0836. The molecule has 0 heterocycles. The summed E-state index contributed by atoms with van der Waals surface area (Å²) in [5, 5.41) is 0. The van der Waals surface area contributed by atoms with Crippen molar-refractivity contribution in [2.75, 3.05) is 0 Å². The Morgan fingerprint density at radius 1 is 0.952 bits per heavy atom. The molecule has 0 saturated heterocycles. The van der Waals surface area contributed by atoms with Crippen LogP contribution < -0.4 is 51.4 Å². The van der Waals surface area contributed by atoms with Gasteiger partial charge >= 0.3 is 51.4 Å². The van der Waals surface area contributed by atoms with E-state index in [1.165, 1.54) is 12.1 Å². The molecular formula is C13H7F2KO4S. The maximum absolute atomic E-state index is 13.2. The Hall–Kier alpha value is -0.484. The Morgan fingerprint density at radius 2 is 1.48 bits per heavy atom. The first-order valence-electron chi connectivity index (χ1n) is 5.35. The van der Waals surface area contributed by atoms with E-state index in [1.54, 1.807) is 0 Å². The zero-order valence-corrected chi connectivity index (χ0v) is 14.8. The number of ketones is 1. The van der Waals surface area contributed by atoms with Crippen LogP contribution in [-0.4, -0.2) is 18.8 Å². The van der Waals surface area contributed by atoms with Gasteiger partial charge in [-0.05, 0) is 42.5 Å². The molecule has 2 aromatic carbocycles. The summed E-state index contributed by atoms with van der Waals surface area (Å²) >= 11 is 0. The molecular weight excluding hydrogens is 329 g/mol. The molecule has 0 aliphatic carbocycles. The van der Waals surface area contributed by atoms with Gasteiger partial charge in [0.05, 0.1) is 4.90 Å². The molecule has 0 atom stereocenters. The monoisotopic (exact) mass is 336 g/mol. The van der Waals surface area contributed by atoms with Gasteiger partial charge in [0.15, 0.2) is 5.78 Å². The van der Waals surface area contributed by atoms with E-state index in [0.29, 0.717) is 6.07 Å². The van der Waals surface area contributed by atoms with Crippen LogP contribution in [0.3, 0.4) is 0 Å². The second kappa shape index (κ2) is 7.19. The predicted octanol–water partition coefficient (Wildman–Crippen LogP) is -0.896. The van der Waals surface area contributed by atoms with E-state index >= 15 is 0 Å². The number of benzene rings is 2. The molecule has 8 heteroatoms. The first-order chi connectivity index (χ1) is 9.29. The fourth-order valence-corrected chi connectivity index (χ4v) is 2.18. The van der Waals surface area contributed by atoms with Crippen molar-refractivity contribution in [3.05, 3.63) is 65.2 Å². The second-order valence-electron chi connectivity index (χ2n) is 3.94. The van der Waals surface area contributed by atoms with Crippen LogP contribution in [0.4, 0.5) is 8.78 Å². The summed E-state index contributed by atoms with van der Waals surface area (Å²) in [6.07, 6.45) is 0. The number of hydrogen-bond acceptors (Lipinski definition) is 4. The predicted molar refractivity (Wildman–Crippen MR) is 64.2 cm³/mol. The summed E-state index contributed by atoms with van der Waals surface area (Å²) in [6.45, 7) is 0. The molecule has 0 saturated carbocycles. The van der Waals surface area contributed by atoms with Gasteiger partial charge in [-0.3, -0.25) is 4.79 Å². The SMILES string of the molecule is O=C(c1ccc(F)cc1)c1ccc(F)c(S(=O)(=O)[O-])c1.[K+]. The largest absolute Gasteiger partial charge is 1.00 e. The molecule has 0 fully saturated rings. The van der Waals surface area contributed by atoms with Crippen LogP contribution in [0, 0.1) is 11.6 Å². The van der Waals surface area contributed by atoms with E-state index in [9.17, 15) is 26.5 Å². The third-order valence-electron chi connectivity index (χ3n) is 2.57. The Labute approximate surface area is 162 Å². The van der Waals surface area contributed by atoms with Gasteiger partial charge in [-0.15, -0.1) is 0 Å². The molecule has 2 rings (SSSR count). The van der Waals surface area contributed by atoms with E-state index in [0.717, 1.165) is 24.3 Å². The zero-order valence-electron chi connectivity index (χ0n) is 10.8. The minimum absolute atomic E-state index is 0. The first-order valence-corrected chi connectivity index (χ1v) is 6.75. The van der Waals surface area contributed by atoms with Crippen molar-refractivity contribution in [2.24, 2.45) is 0 Å². The van der Waals surface area contributed by atoms with Crippen LogP contribution in [0.1, 0.15) is 15.9 Å². The summed E-state index contributed by atoms with van der Waals surface area (Å²) in [5.74, 6) is -2.41. The topological polar surface area (TPSA) is 74.3 Å².